The Labute approximate surface area is 83.8 Å². The van der Waals surface area contributed by atoms with E-state index < -0.39 is 5.91 Å². The molecule has 0 fully saturated rings. The number of rotatable bonds is 1. The average molecular weight is 132 g/mol. The standard InChI is InChI=1S/C2H4ClNO.K/c3-1-2(4)5;/h1H2,(H2,4,5);/q;+1/p-1. The zero-order valence-corrected chi connectivity index (χ0v) is 7.37. The van der Waals surface area contributed by atoms with Crippen LogP contribution in [0.3, 0.4) is 0 Å². The monoisotopic (exact) mass is 131 g/mol. The maximum atomic E-state index is 9.35. The zero-order valence-electron chi connectivity index (χ0n) is 3.49. The Morgan fingerprint density at radius 2 is 2.00 bits per heavy atom. The first-order chi connectivity index (χ1) is 2.27. The third-order valence-corrected chi connectivity index (χ3v) is 0.364. The van der Waals surface area contributed by atoms with Crippen molar-refractivity contribution in [3.63, 3.8) is 0 Å². The Kier molecular flexibility index (Phi) is 11.1. The molecule has 1 amide bonds. The summed E-state index contributed by atoms with van der Waals surface area (Å²) in [7, 11) is 0. The van der Waals surface area contributed by atoms with Crippen LogP contribution in [0.4, 0.5) is 0 Å². The van der Waals surface area contributed by atoms with Gasteiger partial charge in [-0.1, -0.05) is 0 Å². The number of nitrogens with one attached hydrogen (secondary N) is 1. The summed E-state index contributed by atoms with van der Waals surface area (Å²) in [6.45, 7) is 0. The van der Waals surface area contributed by atoms with Crippen molar-refractivity contribution in [2.24, 2.45) is 0 Å². The topological polar surface area (TPSA) is 40.9 Å². The van der Waals surface area contributed by atoms with Crippen molar-refractivity contribution in [3.8, 4) is 0 Å². The van der Waals surface area contributed by atoms with Gasteiger partial charge in [0.25, 0.3) is 0 Å². The molecule has 0 radical (unpaired) electrons. The first kappa shape index (κ1) is 10.4. The smallest absolute Gasteiger partial charge is 0.667 e. The predicted octanol–water partition coefficient (Wildman–Crippen LogP) is -2.19. The molecule has 4 heteroatoms. The largest absolute Gasteiger partial charge is 1.00 e. The second kappa shape index (κ2) is 6.40. The Hall–Kier alpha value is 1.40. The van der Waals surface area contributed by atoms with Crippen molar-refractivity contribution in [1.82, 2.24) is 0 Å². The van der Waals surface area contributed by atoms with Gasteiger partial charge in [0, 0.05) is 0 Å². The number of carbonyl (C=O) groups excluding carboxylic acids is 1. The minimum atomic E-state index is -0.730. The summed E-state index contributed by atoms with van der Waals surface area (Å²) in [6.07, 6.45) is 0. The van der Waals surface area contributed by atoms with E-state index in [-0.39, 0.29) is 57.3 Å². The van der Waals surface area contributed by atoms with Crippen molar-refractivity contribution in [2.75, 3.05) is 5.88 Å². The molecule has 30 valence electrons. The van der Waals surface area contributed by atoms with Crippen LogP contribution in [-0.4, -0.2) is 11.8 Å². The molecule has 2 nitrogen and oxygen atoms in total. The Bertz CT molecular complexity index is 48.8. The summed E-state index contributed by atoms with van der Waals surface area (Å²) < 4.78 is 0. The fourth-order valence-electron chi connectivity index (χ4n) is 0. The van der Waals surface area contributed by atoms with Gasteiger partial charge in [-0.25, -0.2) is 0 Å². The second-order valence-corrected chi connectivity index (χ2v) is 0.824. The van der Waals surface area contributed by atoms with Crippen LogP contribution in [0.25, 0.3) is 5.73 Å². The number of hydrogen-bond acceptors (Lipinski definition) is 1. The van der Waals surface area contributed by atoms with E-state index in [1.165, 1.54) is 0 Å². The van der Waals surface area contributed by atoms with Gasteiger partial charge in [0.15, 0.2) is 0 Å². The summed E-state index contributed by atoms with van der Waals surface area (Å²) in [6, 6.07) is 0. The average Bonchev–Trinajstić information content (AvgIpc) is 1.38. The van der Waals surface area contributed by atoms with Gasteiger partial charge < -0.3 is 10.5 Å². The number of carbonyl (C=O) groups is 1. The van der Waals surface area contributed by atoms with Crippen LogP contribution in [0, 0.1) is 0 Å². The molecule has 6 heavy (non-hydrogen) atoms. The second-order valence-electron chi connectivity index (χ2n) is 0.557. The Morgan fingerprint density at radius 3 is 2.00 bits per heavy atom. The van der Waals surface area contributed by atoms with Crippen molar-refractivity contribution in [3.05, 3.63) is 5.73 Å². The molecule has 0 heterocycles. The number of amides is 1. The molecule has 0 bridgehead atoms. The van der Waals surface area contributed by atoms with Crippen LogP contribution in [-0.2, 0) is 4.79 Å². The third kappa shape index (κ3) is 9.04. The van der Waals surface area contributed by atoms with E-state index in [1.807, 2.05) is 0 Å². The molecule has 0 aromatic rings. The zero-order chi connectivity index (χ0) is 4.28. The first-order valence-corrected chi connectivity index (χ1v) is 1.61. The fraction of sp³-hybridized carbons (Fsp3) is 0.500. The van der Waals surface area contributed by atoms with E-state index >= 15 is 0 Å². The normalized spacial score (nSPS) is 6.17. The van der Waals surface area contributed by atoms with Crippen molar-refractivity contribution < 1.29 is 56.2 Å². The van der Waals surface area contributed by atoms with Gasteiger partial charge in [-0.05, 0) is 0 Å². The summed E-state index contributed by atoms with van der Waals surface area (Å²) in [5.74, 6) is -0.924. The molecule has 0 spiro atoms. The molecule has 0 aliphatic heterocycles. The molecule has 0 saturated carbocycles. The molecule has 1 N–H and O–H groups in total. The SMILES string of the molecule is [K+].[NH-]C(=O)CCl. The number of hydrogen-bond donors (Lipinski definition) is 0. The quantitative estimate of drug-likeness (QED) is 0.294. The minimum Gasteiger partial charge on any atom is -0.667 e. The molecule has 0 aliphatic carbocycles. The van der Waals surface area contributed by atoms with Gasteiger partial charge in [0.2, 0.25) is 0 Å². The third-order valence-electron chi connectivity index (χ3n) is 0.121. The number of alkyl halides is 1. The molecular weight excluding hydrogens is 129 g/mol. The van der Waals surface area contributed by atoms with Gasteiger partial charge in [0.05, 0.1) is 11.8 Å². The summed E-state index contributed by atoms with van der Waals surface area (Å²) in [5.41, 5.74) is 6.06. The fourth-order valence-corrected chi connectivity index (χ4v) is 0. The van der Waals surface area contributed by atoms with E-state index in [0.717, 1.165) is 0 Å². The molecule has 0 unspecified atom stereocenters. The van der Waals surface area contributed by atoms with Crippen molar-refractivity contribution in [1.29, 1.82) is 0 Å². The molecule has 0 atom stereocenters. The van der Waals surface area contributed by atoms with Crippen LogP contribution >= 0.6 is 11.6 Å². The van der Waals surface area contributed by atoms with Crippen LogP contribution < -0.4 is 51.4 Å². The maximum absolute atomic E-state index is 9.35. The van der Waals surface area contributed by atoms with Gasteiger partial charge >= 0.3 is 51.4 Å². The van der Waals surface area contributed by atoms with Gasteiger partial charge in [-0.2, -0.15) is 0 Å². The number of halogens is 1. The molecular formula is C2H3ClKNO. The van der Waals surface area contributed by atoms with Gasteiger partial charge in [0.1, 0.15) is 0 Å². The van der Waals surface area contributed by atoms with Gasteiger partial charge in [-0.3, -0.25) is 0 Å². The first-order valence-electron chi connectivity index (χ1n) is 1.07. The van der Waals surface area contributed by atoms with Crippen molar-refractivity contribution >= 4 is 17.5 Å². The predicted molar refractivity (Wildman–Crippen MR) is 20.0 cm³/mol. The van der Waals surface area contributed by atoms with Crippen LogP contribution in [0.5, 0.6) is 0 Å². The summed E-state index contributed by atoms with van der Waals surface area (Å²) in [5, 5.41) is 0. The van der Waals surface area contributed by atoms with Crippen molar-refractivity contribution in [2.45, 2.75) is 0 Å². The molecule has 0 rings (SSSR count). The summed E-state index contributed by atoms with van der Waals surface area (Å²) >= 11 is 4.80. The van der Waals surface area contributed by atoms with Crippen LogP contribution in [0.15, 0.2) is 0 Å². The Balaban J connectivity index is 0. The van der Waals surface area contributed by atoms with E-state index in [1.54, 1.807) is 0 Å². The maximum Gasteiger partial charge on any atom is 1.00 e. The van der Waals surface area contributed by atoms with Crippen LogP contribution in [0.2, 0.25) is 0 Å². The summed E-state index contributed by atoms with van der Waals surface area (Å²) in [4.78, 5) is 9.35. The van der Waals surface area contributed by atoms with Crippen LogP contribution in [0.1, 0.15) is 0 Å². The Morgan fingerprint density at radius 1 is 1.83 bits per heavy atom. The minimum absolute atomic E-state index is 0. The molecule has 0 aromatic heterocycles. The molecule has 0 aromatic carbocycles. The van der Waals surface area contributed by atoms with E-state index in [2.05, 4.69) is 0 Å². The molecule has 0 aliphatic rings. The van der Waals surface area contributed by atoms with E-state index in [9.17, 15) is 4.79 Å². The van der Waals surface area contributed by atoms with Gasteiger partial charge in [-0.15, -0.1) is 11.6 Å². The molecule has 0 saturated heterocycles. The van der Waals surface area contributed by atoms with E-state index in [0.29, 0.717) is 0 Å². The van der Waals surface area contributed by atoms with E-state index in [4.69, 9.17) is 17.3 Å².